The van der Waals surface area contributed by atoms with Crippen LogP contribution in [0.5, 0.6) is 0 Å². The van der Waals surface area contributed by atoms with Crippen LogP contribution in [0.1, 0.15) is 40.0 Å². The quantitative estimate of drug-likeness (QED) is 0.644. The minimum Gasteiger partial charge on any atom is -0.352 e. The molecule has 1 aliphatic rings. The van der Waals surface area contributed by atoms with Crippen LogP contribution < -0.4 is 16.8 Å². The molecule has 2 unspecified atom stereocenters. The van der Waals surface area contributed by atoms with Gasteiger partial charge in [0.2, 0.25) is 0 Å². The standard InChI is InChI=1S/C11H23N3O/c1-10(2)4-8(12)5-11(3,6-10)7-14-9(13)15/h8H,4-7,12H2,1-3H3,(H3,13,14,15). The Bertz CT molecular complexity index is 252. The molecule has 0 aromatic rings. The lowest BCUT2D eigenvalue weighted by Gasteiger charge is -2.45. The lowest BCUT2D eigenvalue weighted by Crippen LogP contribution is -2.48. The molecule has 88 valence electrons. The van der Waals surface area contributed by atoms with Crippen LogP contribution in [0.3, 0.4) is 0 Å². The molecule has 0 saturated heterocycles. The summed E-state index contributed by atoms with van der Waals surface area (Å²) in [5.74, 6) is 0. The average molecular weight is 213 g/mol. The Hall–Kier alpha value is -0.770. The van der Waals surface area contributed by atoms with Gasteiger partial charge in [-0.3, -0.25) is 0 Å². The van der Waals surface area contributed by atoms with Crippen molar-refractivity contribution in [2.45, 2.75) is 46.1 Å². The first-order valence-electron chi connectivity index (χ1n) is 5.51. The molecule has 1 aliphatic carbocycles. The first-order chi connectivity index (χ1) is 6.72. The van der Waals surface area contributed by atoms with Crippen molar-refractivity contribution < 1.29 is 4.79 Å². The zero-order valence-electron chi connectivity index (χ0n) is 9.97. The van der Waals surface area contributed by atoms with Gasteiger partial charge >= 0.3 is 6.03 Å². The highest BCUT2D eigenvalue weighted by Gasteiger charge is 2.39. The third-order valence-electron chi connectivity index (χ3n) is 3.16. The Balaban J connectivity index is 2.62. The molecular weight excluding hydrogens is 190 g/mol. The van der Waals surface area contributed by atoms with Crippen LogP contribution in [-0.2, 0) is 0 Å². The van der Waals surface area contributed by atoms with Crippen LogP contribution in [-0.4, -0.2) is 18.6 Å². The first-order valence-corrected chi connectivity index (χ1v) is 5.51. The Morgan fingerprint density at radius 1 is 1.40 bits per heavy atom. The van der Waals surface area contributed by atoms with E-state index >= 15 is 0 Å². The Labute approximate surface area is 91.8 Å². The van der Waals surface area contributed by atoms with Crippen molar-refractivity contribution in [3.8, 4) is 0 Å². The number of nitrogens with two attached hydrogens (primary N) is 2. The van der Waals surface area contributed by atoms with Gasteiger partial charge < -0.3 is 16.8 Å². The summed E-state index contributed by atoms with van der Waals surface area (Å²) < 4.78 is 0. The second kappa shape index (κ2) is 4.00. The van der Waals surface area contributed by atoms with E-state index < -0.39 is 6.03 Å². The van der Waals surface area contributed by atoms with Crippen LogP contribution in [0, 0.1) is 10.8 Å². The summed E-state index contributed by atoms with van der Waals surface area (Å²) in [7, 11) is 0. The summed E-state index contributed by atoms with van der Waals surface area (Å²) in [5.41, 5.74) is 11.5. The lowest BCUT2D eigenvalue weighted by molar-refractivity contribution is 0.0847. The fourth-order valence-corrected chi connectivity index (χ4v) is 3.15. The van der Waals surface area contributed by atoms with Crippen LogP contribution in [0.2, 0.25) is 0 Å². The molecule has 4 heteroatoms. The second-order valence-electron chi connectivity index (χ2n) is 6.04. The lowest BCUT2D eigenvalue weighted by atomic mass is 9.63. The number of carbonyl (C=O) groups excluding carboxylic acids is 1. The minimum absolute atomic E-state index is 0.0796. The zero-order valence-corrected chi connectivity index (χ0v) is 9.97. The van der Waals surface area contributed by atoms with Crippen LogP contribution >= 0.6 is 0 Å². The number of primary amides is 1. The first kappa shape index (κ1) is 12.3. The molecule has 0 radical (unpaired) electrons. The van der Waals surface area contributed by atoms with Crippen molar-refractivity contribution in [1.29, 1.82) is 0 Å². The van der Waals surface area contributed by atoms with E-state index in [2.05, 4.69) is 26.1 Å². The molecular formula is C11H23N3O. The highest BCUT2D eigenvalue weighted by molar-refractivity contribution is 5.71. The van der Waals surface area contributed by atoms with Crippen LogP contribution in [0.25, 0.3) is 0 Å². The van der Waals surface area contributed by atoms with Gasteiger partial charge in [-0.2, -0.15) is 0 Å². The van der Waals surface area contributed by atoms with E-state index in [0.29, 0.717) is 6.54 Å². The predicted octanol–water partition coefficient (Wildman–Crippen LogP) is 1.20. The van der Waals surface area contributed by atoms with E-state index in [1.807, 2.05) is 0 Å². The van der Waals surface area contributed by atoms with Crippen molar-refractivity contribution >= 4 is 6.03 Å². The van der Waals surface area contributed by atoms with Crippen LogP contribution in [0.4, 0.5) is 4.79 Å². The zero-order chi connectivity index (χ0) is 11.7. The molecule has 2 atom stereocenters. The smallest absolute Gasteiger partial charge is 0.312 e. The fourth-order valence-electron chi connectivity index (χ4n) is 3.15. The van der Waals surface area contributed by atoms with Gasteiger partial charge in [-0.1, -0.05) is 20.8 Å². The maximum absolute atomic E-state index is 10.7. The molecule has 0 bridgehead atoms. The molecule has 0 spiro atoms. The van der Waals surface area contributed by atoms with Gasteiger partial charge in [0.25, 0.3) is 0 Å². The molecule has 0 aliphatic heterocycles. The van der Waals surface area contributed by atoms with E-state index in [1.54, 1.807) is 0 Å². The van der Waals surface area contributed by atoms with E-state index in [-0.39, 0.29) is 16.9 Å². The molecule has 1 fully saturated rings. The molecule has 0 aromatic carbocycles. The average Bonchev–Trinajstić information content (AvgIpc) is 1.96. The number of nitrogens with one attached hydrogen (secondary N) is 1. The molecule has 1 saturated carbocycles. The summed E-state index contributed by atoms with van der Waals surface area (Å²) >= 11 is 0. The molecule has 2 amide bonds. The Morgan fingerprint density at radius 2 is 2.00 bits per heavy atom. The number of amides is 2. The third-order valence-corrected chi connectivity index (χ3v) is 3.16. The summed E-state index contributed by atoms with van der Waals surface area (Å²) in [6, 6.07) is -0.221. The van der Waals surface area contributed by atoms with Gasteiger partial charge in [0.15, 0.2) is 0 Å². The molecule has 0 aromatic heterocycles. The van der Waals surface area contributed by atoms with Crippen molar-refractivity contribution in [1.82, 2.24) is 5.32 Å². The SMILES string of the molecule is CC1(C)CC(N)CC(C)(CNC(N)=O)C1. The van der Waals surface area contributed by atoms with Gasteiger partial charge in [0.05, 0.1) is 0 Å². The topological polar surface area (TPSA) is 81.1 Å². The van der Waals surface area contributed by atoms with E-state index in [4.69, 9.17) is 11.5 Å². The summed E-state index contributed by atoms with van der Waals surface area (Å²) in [6.07, 6.45) is 3.09. The minimum atomic E-state index is -0.451. The van der Waals surface area contributed by atoms with Gasteiger partial charge in [-0.05, 0) is 30.1 Å². The highest BCUT2D eigenvalue weighted by Crippen LogP contribution is 2.45. The number of carbonyl (C=O) groups is 1. The van der Waals surface area contributed by atoms with Gasteiger partial charge in [0.1, 0.15) is 0 Å². The summed E-state index contributed by atoms with van der Waals surface area (Å²) in [6.45, 7) is 7.26. The molecule has 15 heavy (non-hydrogen) atoms. The maximum atomic E-state index is 10.7. The molecule has 5 N–H and O–H groups in total. The van der Waals surface area contributed by atoms with E-state index in [1.165, 1.54) is 0 Å². The van der Waals surface area contributed by atoms with Gasteiger partial charge in [0, 0.05) is 12.6 Å². The van der Waals surface area contributed by atoms with Gasteiger partial charge in [-0.15, -0.1) is 0 Å². The van der Waals surface area contributed by atoms with Crippen molar-refractivity contribution in [3.05, 3.63) is 0 Å². The van der Waals surface area contributed by atoms with Crippen LogP contribution in [0.15, 0.2) is 0 Å². The normalized spacial score (nSPS) is 34.8. The predicted molar refractivity (Wildman–Crippen MR) is 61.3 cm³/mol. The Morgan fingerprint density at radius 3 is 2.47 bits per heavy atom. The van der Waals surface area contributed by atoms with Crippen molar-refractivity contribution in [2.24, 2.45) is 22.3 Å². The Kier molecular flexibility index (Phi) is 3.28. The number of rotatable bonds is 2. The summed E-state index contributed by atoms with van der Waals surface area (Å²) in [5, 5.41) is 2.70. The summed E-state index contributed by atoms with van der Waals surface area (Å²) in [4.78, 5) is 10.7. The largest absolute Gasteiger partial charge is 0.352 e. The van der Waals surface area contributed by atoms with E-state index in [9.17, 15) is 4.79 Å². The van der Waals surface area contributed by atoms with E-state index in [0.717, 1.165) is 19.3 Å². The highest BCUT2D eigenvalue weighted by atomic mass is 16.2. The molecule has 1 rings (SSSR count). The van der Waals surface area contributed by atoms with Crippen molar-refractivity contribution in [2.75, 3.05) is 6.54 Å². The number of hydrogen-bond acceptors (Lipinski definition) is 2. The molecule has 0 heterocycles. The number of hydrogen-bond donors (Lipinski definition) is 3. The maximum Gasteiger partial charge on any atom is 0.312 e. The van der Waals surface area contributed by atoms with Gasteiger partial charge in [-0.25, -0.2) is 4.79 Å². The fraction of sp³-hybridized carbons (Fsp3) is 0.909. The monoisotopic (exact) mass is 213 g/mol. The third kappa shape index (κ3) is 3.70. The molecule has 4 nitrogen and oxygen atoms in total. The second-order valence-corrected chi connectivity index (χ2v) is 6.04. The van der Waals surface area contributed by atoms with Crippen molar-refractivity contribution in [3.63, 3.8) is 0 Å². The number of urea groups is 1.